The molecule has 2 aliphatic rings. The molecule has 1 saturated carbocycles. The minimum Gasteiger partial charge on any atom is -0.394 e. The van der Waals surface area contributed by atoms with Crippen LogP contribution in [0.3, 0.4) is 0 Å². The lowest BCUT2D eigenvalue weighted by Gasteiger charge is -2.28. The zero-order valence-corrected chi connectivity index (χ0v) is 11.3. The maximum atomic E-state index is 12.0. The first kappa shape index (κ1) is 14.5. The molecule has 0 amide bonds. The number of H-pyrrole nitrogens is 1. The van der Waals surface area contributed by atoms with Gasteiger partial charge in [0.1, 0.15) is 24.4 Å². The standard InChI is InChI=1S/C13H18N2O6/c16-5-8-9(17)10(18)11(21-8)7-4-15(6-2-1-3-6)13(20)14-12(7)19/h4,6,8-11,16-18H,1-3,5H2,(H,14,19,20)/t8-,9-,10-,11+/m1/s1. The second-order valence-corrected chi connectivity index (χ2v) is 5.59. The molecule has 116 valence electrons. The van der Waals surface area contributed by atoms with E-state index < -0.39 is 42.3 Å². The van der Waals surface area contributed by atoms with Gasteiger partial charge in [0.2, 0.25) is 0 Å². The van der Waals surface area contributed by atoms with Crippen molar-refractivity contribution in [2.75, 3.05) is 6.61 Å². The zero-order valence-electron chi connectivity index (χ0n) is 11.3. The van der Waals surface area contributed by atoms with E-state index >= 15 is 0 Å². The Labute approximate surface area is 119 Å². The number of aromatic amines is 1. The van der Waals surface area contributed by atoms with Crippen LogP contribution < -0.4 is 11.2 Å². The van der Waals surface area contributed by atoms with Crippen LogP contribution in [0.5, 0.6) is 0 Å². The van der Waals surface area contributed by atoms with Crippen LogP contribution in [0.2, 0.25) is 0 Å². The summed E-state index contributed by atoms with van der Waals surface area (Å²) in [4.78, 5) is 26.0. The number of aliphatic hydroxyl groups is 3. The maximum absolute atomic E-state index is 12.0. The van der Waals surface area contributed by atoms with Crippen LogP contribution in [-0.2, 0) is 4.74 Å². The molecule has 0 bridgehead atoms. The van der Waals surface area contributed by atoms with E-state index in [0.717, 1.165) is 19.3 Å². The summed E-state index contributed by atoms with van der Waals surface area (Å²) in [5.41, 5.74) is -1.05. The van der Waals surface area contributed by atoms with Crippen LogP contribution in [0.1, 0.15) is 37.0 Å². The van der Waals surface area contributed by atoms with Crippen LogP contribution in [0.4, 0.5) is 0 Å². The van der Waals surface area contributed by atoms with E-state index in [2.05, 4.69) is 4.98 Å². The first-order valence-electron chi connectivity index (χ1n) is 7.00. The van der Waals surface area contributed by atoms with Gasteiger partial charge >= 0.3 is 5.69 Å². The summed E-state index contributed by atoms with van der Waals surface area (Å²) in [6.07, 6.45) is -0.464. The molecule has 1 aromatic rings. The fourth-order valence-corrected chi connectivity index (χ4v) is 2.80. The Morgan fingerprint density at radius 2 is 2.00 bits per heavy atom. The van der Waals surface area contributed by atoms with Gasteiger partial charge in [-0.15, -0.1) is 0 Å². The molecule has 1 aromatic heterocycles. The third-order valence-corrected chi connectivity index (χ3v) is 4.31. The third-order valence-electron chi connectivity index (χ3n) is 4.31. The topological polar surface area (TPSA) is 125 Å². The zero-order chi connectivity index (χ0) is 15.1. The molecule has 0 aromatic carbocycles. The van der Waals surface area contributed by atoms with Gasteiger partial charge in [-0.05, 0) is 19.3 Å². The summed E-state index contributed by atoms with van der Waals surface area (Å²) >= 11 is 0. The van der Waals surface area contributed by atoms with Gasteiger partial charge < -0.3 is 20.1 Å². The lowest BCUT2D eigenvalue weighted by Crippen LogP contribution is -2.38. The van der Waals surface area contributed by atoms with Gasteiger partial charge in [-0.3, -0.25) is 14.3 Å². The van der Waals surface area contributed by atoms with Crippen molar-refractivity contribution in [1.29, 1.82) is 0 Å². The molecule has 1 aliphatic heterocycles. The second-order valence-electron chi connectivity index (χ2n) is 5.59. The van der Waals surface area contributed by atoms with Gasteiger partial charge in [-0.1, -0.05) is 0 Å². The predicted octanol–water partition coefficient (Wildman–Crippen LogP) is -1.58. The van der Waals surface area contributed by atoms with Crippen molar-refractivity contribution in [3.8, 4) is 0 Å². The molecule has 0 radical (unpaired) electrons. The Hall–Kier alpha value is -1.48. The summed E-state index contributed by atoms with van der Waals surface area (Å²) in [5.74, 6) is 0. The van der Waals surface area contributed by atoms with Crippen molar-refractivity contribution in [3.05, 3.63) is 32.6 Å². The Bertz CT molecular complexity index is 634. The van der Waals surface area contributed by atoms with E-state index in [1.54, 1.807) is 0 Å². The first-order chi connectivity index (χ1) is 10.0. The number of aliphatic hydroxyl groups excluding tert-OH is 3. The lowest BCUT2D eigenvalue weighted by atomic mass is 9.92. The number of rotatable bonds is 3. The molecular weight excluding hydrogens is 280 g/mol. The number of aromatic nitrogens is 2. The van der Waals surface area contributed by atoms with Crippen molar-refractivity contribution in [2.45, 2.75) is 49.7 Å². The minimum absolute atomic E-state index is 0.0465. The molecule has 1 aliphatic carbocycles. The lowest BCUT2D eigenvalue weighted by molar-refractivity contribution is -0.0234. The van der Waals surface area contributed by atoms with E-state index in [1.807, 2.05) is 0 Å². The molecule has 2 fully saturated rings. The number of ether oxygens (including phenoxy) is 1. The highest BCUT2D eigenvalue weighted by Gasteiger charge is 2.44. The highest BCUT2D eigenvalue weighted by atomic mass is 16.6. The summed E-state index contributed by atoms with van der Waals surface area (Å²) in [6, 6.07) is 0.0465. The largest absolute Gasteiger partial charge is 0.394 e. The van der Waals surface area contributed by atoms with Crippen LogP contribution in [-0.4, -0.2) is 49.8 Å². The van der Waals surface area contributed by atoms with E-state index in [9.17, 15) is 19.8 Å². The molecule has 2 heterocycles. The monoisotopic (exact) mass is 298 g/mol. The normalized spacial score (nSPS) is 33.1. The molecule has 8 heteroatoms. The highest BCUT2D eigenvalue weighted by molar-refractivity contribution is 5.15. The average Bonchev–Trinajstić information content (AvgIpc) is 2.67. The molecule has 0 unspecified atom stereocenters. The molecule has 1 saturated heterocycles. The summed E-state index contributed by atoms with van der Waals surface area (Å²) in [7, 11) is 0. The Morgan fingerprint density at radius 3 is 2.52 bits per heavy atom. The van der Waals surface area contributed by atoms with Crippen molar-refractivity contribution >= 4 is 0 Å². The third kappa shape index (κ3) is 2.34. The molecule has 8 nitrogen and oxygen atoms in total. The van der Waals surface area contributed by atoms with Crippen LogP contribution in [0.15, 0.2) is 15.8 Å². The fourth-order valence-electron chi connectivity index (χ4n) is 2.80. The molecule has 4 atom stereocenters. The Balaban J connectivity index is 1.98. The van der Waals surface area contributed by atoms with Gasteiger partial charge in [0.05, 0.1) is 12.2 Å². The molecule has 4 N–H and O–H groups in total. The molecule has 0 spiro atoms. The van der Waals surface area contributed by atoms with Gasteiger partial charge in [-0.25, -0.2) is 4.79 Å². The maximum Gasteiger partial charge on any atom is 0.328 e. The van der Waals surface area contributed by atoms with Crippen LogP contribution in [0, 0.1) is 0 Å². The van der Waals surface area contributed by atoms with Crippen molar-refractivity contribution < 1.29 is 20.1 Å². The van der Waals surface area contributed by atoms with Crippen LogP contribution >= 0.6 is 0 Å². The van der Waals surface area contributed by atoms with E-state index in [4.69, 9.17) is 9.84 Å². The van der Waals surface area contributed by atoms with Crippen molar-refractivity contribution in [1.82, 2.24) is 9.55 Å². The summed E-state index contributed by atoms with van der Waals surface area (Å²) < 4.78 is 6.78. The molecule has 3 rings (SSSR count). The summed E-state index contributed by atoms with van der Waals surface area (Å²) in [5, 5.41) is 28.8. The average molecular weight is 298 g/mol. The smallest absolute Gasteiger partial charge is 0.328 e. The number of nitrogens with one attached hydrogen (secondary N) is 1. The van der Waals surface area contributed by atoms with Crippen LogP contribution in [0.25, 0.3) is 0 Å². The Kier molecular flexibility index (Phi) is 3.70. The van der Waals surface area contributed by atoms with Gasteiger partial charge in [0.25, 0.3) is 5.56 Å². The van der Waals surface area contributed by atoms with Gasteiger partial charge in [-0.2, -0.15) is 0 Å². The van der Waals surface area contributed by atoms with E-state index in [1.165, 1.54) is 10.8 Å². The predicted molar refractivity (Wildman–Crippen MR) is 70.9 cm³/mol. The van der Waals surface area contributed by atoms with E-state index in [0.29, 0.717) is 0 Å². The quantitative estimate of drug-likeness (QED) is 0.533. The SMILES string of the molecule is O=c1[nH]c(=O)n(C2CCC2)cc1[C@@H]1O[C@H](CO)[C@@H](O)[C@H]1O. The highest BCUT2D eigenvalue weighted by Crippen LogP contribution is 2.33. The van der Waals surface area contributed by atoms with Crippen molar-refractivity contribution in [3.63, 3.8) is 0 Å². The molecule has 21 heavy (non-hydrogen) atoms. The number of hydrogen-bond donors (Lipinski definition) is 4. The summed E-state index contributed by atoms with van der Waals surface area (Å²) in [6.45, 7) is -0.463. The number of hydrogen-bond acceptors (Lipinski definition) is 6. The van der Waals surface area contributed by atoms with E-state index in [-0.39, 0.29) is 11.6 Å². The van der Waals surface area contributed by atoms with Gasteiger partial charge in [0.15, 0.2) is 0 Å². The number of nitrogens with zero attached hydrogens (tertiary/aromatic N) is 1. The molecular formula is C13H18N2O6. The second kappa shape index (κ2) is 5.38. The Morgan fingerprint density at radius 1 is 1.29 bits per heavy atom. The minimum atomic E-state index is -1.32. The first-order valence-corrected chi connectivity index (χ1v) is 7.00. The fraction of sp³-hybridized carbons (Fsp3) is 0.692. The van der Waals surface area contributed by atoms with Gasteiger partial charge in [0, 0.05) is 12.2 Å². The van der Waals surface area contributed by atoms with Crippen molar-refractivity contribution in [2.24, 2.45) is 0 Å².